The summed E-state index contributed by atoms with van der Waals surface area (Å²) in [6.07, 6.45) is 12.3. The number of nitrogens with one attached hydrogen (secondary N) is 2. The fourth-order valence-electron chi connectivity index (χ4n) is 3.06. The second-order valence-corrected chi connectivity index (χ2v) is 5.07. The Labute approximate surface area is 96.4 Å². The number of allylic oxidation sites excluding steroid dienone is 2. The minimum atomic E-state index is 0.865. The molecule has 2 N–H and O–H groups in total. The monoisotopic (exact) mass is 217 g/mol. The first kappa shape index (κ1) is 10.1. The third kappa shape index (κ3) is 2.05. The molecule has 0 aliphatic heterocycles. The van der Waals surface area contributed by atoms with Gasteiger partial charge in [0, 0.05) is 24.9 Å². The van der Waals surface area contributed by atoms with Crippen molar-refractivity contribution in [3.63, 3.8) is 0 Å². The summed E-state index contributed by atoms with van der Waals surface area (Å²) >= 11 is 0. The Morgan fingerprint density at radius 1 is 1.38 bits per heavy atom. The molecule has 86 valence electrons. The molecular formula is C13H19N3. The lowest BCUT2D eigenvalue weighted by molar-refractivity contribution is 0.416. The van der Waals surface area contributed by atoms with Gasteiger partial charge in [0.05, 0.1) is 6.33 Å². The molecule has 1 heterocycles. The van der Waals surface area contributed by atoms with E-state index < -0.39 is 0 Å². The van der Waals surface area contributed by atoms with Crippen LogP contribution in [-0.2, 0) is 6.42 Å². The molecule has 3 unspecified atom stereocenters. The van der Waals surface area contributed by atoms with E-state index in [2.05, 4.69) is 27.4 Å². The van der Waals surface area contributed by atoms with E-state index in [1.807, 2.05) is 6.20 Å². The molecule has 1 aromatic rings. The van der Waals surface area contributed by atoms with Crippen molar-refractivity contribution in [1.29, 1.82) is 0 Å². The van der Waals surface area contributed by atoms with E-state index in [1.165, 1.54) is 25.1 Å². The summed E-state index contributed by atoms with van der Waals surface area (Å²) in [5, 5.41) is 3.57. The lowest BCUT2D eigenvalue weighted by Crippen LogP contribution is -2.27. The van der Waals surface area contributed by atoms with Crippen LogP contribution in [0.15, 0.2) is 24.7 Å². The van der Waals surface area contributed by atoms with E-state index >= 15 is 0 Å². The maximum Gasteiger partial charge on any atom is 0.0921 e. The lowest BCUT2D eigenvalue weighted by atomic mass is 9.94. The number of aromatic amines is 1. The van der Waals surface area contributed by atoms with Crippen molar-refractivity contribution in [2.75, 3.05) is 13.1 Å². The average molecular weight is 217 g/mol. The van der Waals surface area contributed by atoms with Crippen LogP contribution in [0.2, 0.25) is 0 Å². The minimum absolute atomic E-state index is 0.865. The van der Waals surface area contributed by atoms with Gasteiger partial charge in [-0.15, -0.1) is 0 Å². The Hall–Kier alpha value is -1.09. The van der Waals surface area contributed by atoms with Gasteiger partial charge in [0.2, 0.25) is 0 Å². The van der Waals surface area contributed by atoms with Crippen molar-refractivity contribution in [1.82, 2.24) is 15.3 Å². The van der Waals surface area contributed by atoms with Crippen LogP contribution >= 0.6 is 0 Å². The number of fused-ring (bicyclic) bond motifs is 2. The quantitative estimate of drug-likeness (QED) is 0.583. The van der Waals surface area contributed by atoms with Crippen molar-refractivity contribution in [3.05, 3.63) is 30.4 Å². The maximum absolute atomic E-state index is 4.02. The van der Waals surface area contributed by atoms with Crippen LogP contribution in [0.25, 0.3) is 0 Å². The average Bonchev–Trinajstić information content (AvgIpc) is 3.01. The minimum Gasteiger partial charge on any atom is -0.348 e. The summed E-state index contributed by atoms with van der Waals surface area (Å²) in [4.78, 5) is 7.15. The second kappa shape index (κ2) is 4.42. The van der Waals surface area contributed by atoms with E-state index in [0.29, 0.717) is 0 Å². The predicted molar refractivity (Wildman–Crippen MR) is 64.0 cm³/mol. The van der Waals surface area contributed by atoms with Gasteiger partial charge in [-0.25, -0.2) is 4.98 Å². The van der Waals surface area contributed by atoms with E-state index in [-0.39, 0.29) is 0 Å². The summed E-state index contributed by atoms with van der Waals surface area (Å²) in [5.74, 6) is 2.64. The molecule has 1 saturated carbocycles. The van der Waals surface area contributed by atoms with Crippen LogP contribution in [0.5, 0.6) is 0 Å². The van der Waals surface area contributed by atoms with Crippen molar-refractivity contribution >= 4 is 0 Å². The zero-order chi connectivity index (χ0) is 10.8. The second-order valence-electron chi connectivity index (χ2n) is 5.07. The molecule has 0 aromatic carbocycles. The molecule has 1 aromatic heterocycles. The highest BCUT2D eigenvalue weighted by molar-refractivity contribution is 5.10. The zero-order valence-electron chi connectivity index (χ0n) is 9.52. The summed E-state index contributed by atoms with van der Waals surface area (Å²) in [5.41, 5.74) is 1.22. The first-order valence-electron chi connectivity index (χ1n) is 6.28. The molecule has 2 bridgehead atoms. The third-order valence-electron chi connectivity index (χ3n) is 3.95. The molecule has 2 aliphatic rings. The Morgan fingerprint density at radius 3 is 3.06 bits per heavy atom. The SMILES string of the molecule is C1=CC2CC1CC2CNCCc1cnc[nH]1. The Balaban J connectivity index is 1.37. The molecule has 2 aliphatic carbocycles. The first-order chi connectivity index (χ1) is 7.92. The van der Waals surface area contributed by atoms with E-state index in [4.69, 9.17) is 0 Å². The number of imidazole rings is 1. The van der Waals surface area contributed by atoms with Crippen LogP contribution in [0.1, 0.15) is 18.5 Å². The Kier molecular flexibility index (Phi) is 2.79. The molecule has 3 heteroatoms. The highest BCUT2D eigenvalue weighted by Crippen LogP contribution is 2.42. The Morgan fingerprint density at radius 2 is 2.38 bits per heavy atom. The summed E-state index contributed by atoms with van der Waals surface area (Å²) in [6.45, 7) is 2.24. The maximum atomic E-state index is 4.02. The molecule has 0 spiro atoms. The van der Waals surface area contributed by atoms with Crippen molar-refractivity contribution in [2.24, 2.45) is 17.8 Å². The molecule has 3 nitrogen and oxygen atoms in total. The molecule has 16 heavy (non-hydrogen) atoms. The van der Waals surface area contributed by atoms with Gasteiger partial charge in [-0.05, 0) is 37.1 Å². The van der Waals surface area contributed by atoms with Gasteiger partial charge in [-0.3, -0.25) is 0 Å². The van der Waals surface area contributed by atoms with Crippen molar-refractivity contribution in [3.8, 4) is 0 Å². The van der Waals surface area contributed by atoms with Crippen LogP contribution in [0.4, 0.5) is 0 Å². The largest absolute Gasteiger partial charge is 0.348 e. The number of H-pyrrole nitrogens is 1. The molecular weight excluding hydrogens is 198 g/mol. The molecule has 3 atom stereocenters. The van der Waals surface area contributed by atoms with Gasteiger partial charge in [0.1, 0.15) is 0 Å². The highest BCUT2D eigenvalue weighted by Gasteiger charge is 2.34. The standard InChI is InChI=1S/C13H19N3/c1-2-11-5-10(1)6-12(11)7-14-4-3-13-8-15-9-16-13/h1-2,8-12,14H,3-7H2,(H,15,16). The van der Waals surface area contributed by atoms with Gasteiger partial charge in [0.25, 0.3) is 0 Å². The predicted octanol–water partition coefficient (Wildman–Crippen LogP) is 1.75. The third-order valence-corrected chi connectivity index (χ3v) is 3.95. The Bertz CT molecular complexity index is 355. The number of nitrogens with zero attached hydrogens (tertiary/aromatic N) is 1. The fraction of sp³-hybridized carbons (Fsp3) is 0.615. The van der Waals surface area contributed by atoms with Gasteiger partial charge >= 0.3 is 0 Å². The smallest absolute Gasteiger partial charge is 0.0921 e. The normalized spacial score (nSPS) is 31.4. The van der Waals surface area contributed by atoms with Gasteiger partial charge in [-0.2, -0.15) is 0 Å². The number of hydrogen-bond donors (Lipinski definition) is 2. The summed E-state index contributed by atoms with van der Waals surface area (Å²) in [6, 6.07) is 0. The van der Waals surface area contributed by atoms with Crippen molar-refractivity contribution in [2.45, 2.75) is 19.3 Å². The summed E-state index contributed by atoms with van der Waals surface area (Å²) < 4.78 is 0. The van der Waals surface area contributed by atoms with E-state index in [9.17, 15) is 0 Å². The molecule has 0 amide bonds. The number of rotatable bonds is 5. The zero-order valence-corrected chi connectivity index (χ0v) is 9.52. The highest BCUT2D eigenvalue weighted by atomic mass is 14.9. The fourth-order valence-corrected chi connectivity index (χ4v) is 3.06. The van der Waals surface area contributed by atoms with Crippen LogP contribution in [0.3, 0.4) is 0 Å². The molecule has 1 fully saturated rings. The molecule has 3 rings (SSSR count). The number of aromatic nitrogens is 2. The van der Waals surface area contributed by atoms with Gasteiger partial charge in [0.15, 0.2) is 0 Å². The van der Waals surface area contributed by atoms with Crippen LogP contribution in [-0.4, -0.2) is 23.1 Å². The topological polar surface area (TPSA) is 40.7 Å². The van der Waals surface area contributed by atoms with Crippen molar-refractivity contribution < 1.29 is 0 Å². The van der Waals surface area contributed by atoms with Gasteiger partial charge < -0.3 is 10.3 Å². The van der Waals surface area contributed by atoms with E-state index in [1.54, 1.807) is 6.33 Å². The lowest BCUT2D eigenvalue weighted by Gasteiger charge is -2.18. The van der Waals surface area contributed by atoms with Gasteiger partial charge in [-0.1, -0.05) is 12.2 Å². The van der Waals surface area contributed by atoms with E-state index in [0.717, 1.165) is 30.7 Å². The molecule has 0 radical (unpaired) electrons. The van der Waals surface area contributed by atoms with Crippen LogP contribution < -0.4 is 5.32 Å². The number of hydrogen-bond acceptors (Lipinski definition) is 2. The first-order valence-corrected chi connectivity index (χ1v) is 6.28. The van der Waals surface area contributed by atoms with Crippen LogP contribution in [0, 0.1) is 17.8 Å². The summed E-state index contributed by atoms with van der Waals surface area (Å²) in [7, 11) is 0. The molecule has 0 saturated heterocycles.